The largest absolute Gasteiger partial charge is 0.496 e. The van der Waals surface area contributed by atoms with E-state index in [1.165, 1.54) is 68.1 Å². The van der Waals surface area contributed by atoms with E-state index in [9.17, 15) is 0 Å². The zero-order valence-electron chi connectivity index (χ0n) is 12.0. The van der Waals surface area contributed by atoms with Gasteiger partial charge in [0.1, 0.15) is 5.75 Å². The van der Waals surface area contributed by atoms with E-state index in [4.69, 9.17) is 10.5 Å². The van der Waals surface area contributed by atoms with E-state index < -0.39 is 0 Å². The van der Waals surface area contributed by atoms with E-state index in [1.54, 1.807) is 7.11 Å². The lowest BCUT2D eigenvalue weighted by Crippen LogP contribution is -2.37. The van der Waals surface area contributed by atoms with Gasteiger partial charge in [0.25, 0.3) is 0 Å². The van der Waals surface area contributed by atoms with Gasteiger partial charge in [0.2, 0.25) is 0 Å². The van der Waals surface area contributed by atoms with Crippen LogP contribution in [0.15, 0.2) is 12.1 Å². The normalized spacial score (nSPS) is 21.2. The molecule has 0 radical (unpaired) electrons. The van der Waals surface area contributed by atoms with Crippen molar-refractivity contribution in [2.45, 2.75) is 56.8 Å². The molecule has 0 heterocycles. The summed E-state index contributed by atoms with van der Waals surface area (Å²) in [6, 6.07) is 4.70. The lowest BCUT2D eigenvalue weighted by atomic mass is 9.68. The van der Waals surface area contributed by atoms with Crippen LogP contribution in [-0.4, -0.2) is 13.7 Å². The second-order valence-electron chi connectivity index (χ2n) is 6.22. The zero-order chi connectivity index (χ0) is 13.3. The lowest BCUT2D eigenvalue weighted by Gasteiger charge is -2.38. The van der Waals surface area contributed by atoms with Crippen LogP contribution in [0.25, 0.3) is 0 Å². The Hall–Kier alpha value is -1.02. The molecule has 0 amide bonds. The average Bonchev–Trinajstić information content (AvgIpc) is 2.93. The molecule has 1 aromatic rings. The van der Waals surface area contributed by atoms with Crippen molar-refractivity contribution in [2.24, 2.45) is 5.73 Å². The van der Waals surface area contributed by atoms with Crippen molar-refractivity contribution >= 4 is 0 Å². The average molecular weight is 259 g/mol. The van der Waals surface area contributed by atoms with Gasteiger partial charge in [0, 0.05) is 17.5 Å². The molecule has 0 bridgehead atoms. The molecule has 0 saturated heterocycles. The fourth-order valence-corrected chi connectivity index (χ4v) is 4.00. The van der Waals surface area contributed by atoms with Crippen LogP contribution in [0, 0.1) is 0 Å². The first-order valence-corrected chi connectivity index (χ1v) is 7.69. The Morgan fingerprint density at radius 1 is 1.05 bits per heavy atom. The molecule has 19 heavy (non-hydrogen) atoms. The summed E-state index contributed by atoms with van der Waals surface area (Å²) < 4.78 is 5.70. The third-order valence-electron chi connectivity index (χ3n) is 5.19. The van der Waals surface area contributed by atoms with Crippen LogP contribution in [0.2, 0.25) is 0 Å². The molecule has 3 rings (SSSR count). The van der Waals surface area contributed by atoms with Crippen molar-refractivity contribution in [3.8, 4) is 5.75 Å². The molecule has 1 saturated carbocycles. The minimum atomic E-state index is 0.168. The number of nitrogens with two attached hydrogens (primary N) is 1. The first kappa shape index (κ1) is 13.0. The third kappa shape index (κ3) is 2.16. The number of ether oxygens (including phenoxy) is 1. The van der Waals surface area contributed by atoms with E-state index in [1.807, 2.05) is 0 Å². The minimum absolute atomic E-state index is 0.168. The van der Waals surface area contributed by atoms with Gasteiger partial charge in [-0.1, -0.05) is 25.3 Å². The van der Waals surface area contributed by atoms with Crippen molar-refractivity contribution in [1.82, 2.24) is 0 Å². The van der Waals surface area contributed by atoms with Gasteiger partial charge in [-0.25, -0.2) is 0 Å². The predicted octanol–water partition coefficient (Wildman–Crippen LogP) is 3.34. The van der Waals surface area contributed by atoms with E-state index in [2.05, 4.69) is 12.1 Å². The maximum Gasteiger partial charge on any atom is 0.122 e. The fourth-order valence-electron chi connectivity index (χ4n) is 4.00. The van der Waals surface area contributed by atoms with Crippen LogP contribution in [0.1, 0.15) is 55.2 Å². The van der Waals surface area contributed by atoms with Crippen molar-refractivity contribution in [1.29, 1.82) is 0 Å². The molecule has 2 aliphatic rings. The number of rotatable bonds is 3. The number of methoxy groups -OCH3 is 1. The smallest absolute Gasteiger partial charge is 0.122 e. The highest BCUT2D eigenvalue weighted by Gasteiger charge is 2.35. The number of benzene rings is 1. The summed E-state index contributed by atoms with van der Waals surface area (Å²) in [5.41, 5.74) is 10.8. The van der Waals surface area contributed by atoms with Crippen LogP contribution >= 0.6 is 0 Å². The maximum atomic E-state index is 6.18. The molecule has 0 aliphatic heterocycles. The summed E-state index contributed by atoms with van der Waals surface area (Å²) in [6.07, 6.45) is 10.1. The number of hydrogen-bond acceptors (Lipinski definition) is 2. The second-order valence-corrected chi connectivity index (χ2v) is 6.22. The molecule has 0 aromatic heterocycles. The van der Waals surface area contributed by atoms with Gasteiger partial charge in [0.15, 0.2) is 0 Å². The molecule has 2 N–H and O–H groups in total. The monoisotopic (exact) mass is 259 g/mol. The van der Waals surface area contributed by atoms with Crippen LogP contribution in [0.3, 0.4) is 0 Å². The summed E-state index contributed by atoms with van der Waals surface area (Å²) in [5, 5.41) is 0. The number of aryl methyl sites for hydroxylation is 2. The van der Waals surface area contributed by atoms with E-state index in [-0.39, 0.29) is 5.41 Å². The minimum Gasteiger partial charge on any atom is -0.496 e. The van der Waals surface area contributed by atoms with Crippen molar-refractivity contribution in [3.05, 3.63) is 28.8 Å². The van der Waals surface area contributed by atoms with Gasteiger partial charge < -0.3 is 10.5 Å². The maximum absolute atomic E-state index is 6.18. The predicted molar refractivity (Wildman–Crippen MR) is 78.8 cm³/mol. The standard InChI is InChI=1S/C17H25NO/c1-19-16-11-14-7-5-6-13(14)10-15(16)17(12-18)8-3-2-4-9-17/h10-11H,2-9,12,18H2,1H3. The topological polar surface area (TPSA) is 35.2 Å². The first-order chi connectivity index (χ1) is 9.29. The van der Waals surface area contributed by atoms with Gasteiger partial charge in [-0.15, -0.1) is 0 Å². The van der Waals surface area contributed by atoms with Crippen LogP contribution in [0.5, 0.6) is 5.75 Å². The van der Waals surface area contributed by atoms with Crippen molar-refractivity contribution < 1.29 is 4.74 Å². The Kier molecular flexibility index (Phi) is 3.53. The van der Waals surface area contributed by atoms with Gasteiger partial charge in [-0.05, 0) is 49.3 Å². The van der Waals surface area contributed by atoms with Crippen LogP contribution in [0.4, 0.5) is 0 Å². The Balaban J connectivity index is 2.07. The Morgan fingerprint density at radius 3 is 2.37 bits per heavy atom. The third-order valence-corrected chi connectivity index (χ3v) is 5.19. The Morgan fingerprint density at radius 2 is 1.74 bits per heavy atom. The molecule has 2 heteroatoms. The second kappa shape index (κ2) is 5.16. The summed E-state index contributed by atoms with van der Waals surface area (Å²) in [5.74, 6) is 1.08. The zero-order valence-corrected chi connectivity index (χ0v) is 12.0. The molecule has 104 valence electrons. The molecule has 1 fully saturated rings. The summed E-state index contributed by atoms with van der Waals surface area (Å²) >= 11 is 0. The number of fused-ring (bicyclic) bond motifs is 1. The molecule has 2 aliphatic carbocycles. The lowest BCUT2D eigenvalue weighted by molar-refractivity contribution is 0.287. The quantitative estimate of drug-likeness (QED) is 0.903. The molecule has 1 aromatic carbocycles. The van der Waals surface area contributed by atoms with Gasteiger partial charge in [-0.3, -0.25) is 0 Å². The molecule has 0 unspecified atom stereocenters. The van der Waals surface area contributed by atoms with E-state index in [0.29, 0.717) is 0 Å². The SMILES string of the molecule is COc1cc2c(cc1C1(CN)CCCCC1)CCC2. The Labute approximate surface area is 116 Å². The van der Waals surface area contributed by atoms with E-state index >= 15 is 0 Å². The summed E-state index contributed by atoms with van der Waals surface area (Å²) in [4.78, 5) is 0. The molecular weight excluding hydrogens is 234 g/mol. The highest BCUT2D eigenvalue weighted by molar-refractivity contribution is 5.48. The van der Waals surface area contributed by atoms with Crippen molar-refractivity contribution in [3.63, 3.8) is 0 Å². The molecule has 2 nitrogen and oxygen atoms in total. The van der Waals surface area contributed by atoms with Crippen LogP contribution in [-0.2, 0) is 18.3 Å². The van der Waals surface area contributed by atoms with Gasteiger partial charge in [-0.2, -0.15) is 0 Å². The van der Waals surface area contributed by atoms with Gasteiger partial charge >= 0.3 is 0 Å². The van der Waals surface area contributed by atoms with E-state index in [0.717, 1.165) is 12.3 Å². The molecule has 0 atom stereocenters. The van der Waals surface area contributed by atoms with Gasteiger partial charge in [0.05, 0.1) is 7.11 Å². The molecule has 0 spiro atoms. The van der Waals surface area contributed by atoms with Crippen molar-refractivity contribution in [2.75, 3.05) is 13.7 Å². The highest BCUT2D eigenvalue weighted by atomic mass is 16.5. The highest BCUT2D eigenvalue weighted by Crippen LogP contribution is 2.44. The number of hydrogen-bond donors (Lipinski definition) is 1. The summed E-state index contributed by atoms with van der Waals surface area (Å²) in [6.45, 7) is 0.752. The first-order valence-electron chi connectivity index (χ1n) is 7.69. The van der Waals surface area contributed by atoms with Crippen LogP contribution < -0.4 is 10.5 Å². The Bertz CT molecular complexity index is 461. The molecular formula is C17H25NO. The fraction of sp³-hybridized carbons (Fsp3) is 0.647. The summed E-state index contributed by atoms with van der Waals surface area (Å²) in [7, 11) is 1.80.